The Morgan fingerprint density at radius 2 is 1.54 bits per heavy atom. The average Bonchev–Trinajstić information content (AvgIpc) is 2.43. The van der Waals surface area contributed by atoms with Crippen molar-refractivity contribution in [3.63, 3.8) is 0 Å². The van der Waals surface area contributed by atoms with Crippen LogP contribution in [0.15, 0.2) is 11.6 Å². The number of hydrogen-bond donors (Lipinski definition) is 5. The van der Waals surface area contributed by atoms with E-state index < -0.39 is 36.4 Å². The molecule has 8 heteroatoms. The SMILES string of the molecule is CC(C)=CC(C)CCCCO.O=C(O)CC(C(=O)O)C(O)C(=O)O. The molecule has 0 aromatic rings. The van der Waals surface area contributed by atoms with E-state index in [2.05, 4.69) is 26.8 Å². The lowest BCUT2D eigenvalue weighted by Gasteiger charge is -2.12. The first kappa shape index (κ1) is 24.3. The molecule has 5 N–H and O–H groups in total. The number of carboxylic acid groups (broad SMARTS) is 3. The third kappa shape index (κ3) is 13.7. The number of unbranched alkanes of at least 4 members (excludes halogenated alkanes) is 1. The molecule has 140 valence electrons. The lowest BCUT2D eigenvalue weighted by Crippen LogP contribution is -2.36. The molecule has 0 saturated heterocycles. The maximum atomic E-state index is 10.3. The van der Waals surface area contributed by atoms with Gasteiger partial charge in [0.15, 0.2) is 6.10 Å². The highest BCUT2D eigenvalue weighted by Crippen LogP contribution is 2.11. The summed E-state index contributed by atoms with van der Waals surface area (Å²) < 4.78 is 0. The maximum absolute atomic E-state index is 10.3. The van der Waals surface area contributed by atoms with Crippen LogP contribution < -0.4 is 0 Å². The molecule has 0 aliphatic heterocycles. The van der Waals surface area contributed by atoms with E-state index >= 15 is 0 Å². The normalized spacial score (nSPS) is 13.7. The van der Waals surface area contributed by atoms with Gasteiger partial charge in [0.25, 0.3) is 0 Å². The standard InChI is InChI=1S/C10H20O.C6H8O7/c1-9(2)8-10(3)6-4-5-7-11;7-3(8)1-2(5(10)11)4(9)6(12)13/h8,10-11H,4-7H2,1-3H3;2,4,9H,1H2,(H,7,8)(H,10,11)(H,12,13). The fourth-order valence-electron chi connectivity index (χ4n) is 1.92. The average molecular weight is 348 g/mol. The molecule has 0 spiro atoms. The molecular formula is C16H28O8. The third-order valence-electron chi connectivity index (χ3n) is 3.03. The summed E-state index contributed by atoms with van der Waals surface area (Å²) in [6.45, 7) is 6.82. The smallest absolute Gasteiger partial charge is 0.333 e. The number of rotatable bonds is 10. The van der Waals surface area contributed by atoms with Crippen molar-refractivity contribution < 1.29 is 39.9 Å². The molecule has 0 amide bonds. The van der Waals surface area contributed by atoms with Crippen LogP contribution in [0.2, 0.25) is 0 Å². The maximum Gasteiger partial charge on any atom is 0.333 e. The van der Waals surface area contributed by atoms with Gasteiger partial charge in [-0.3, -0.25) is 9.59 Å². The van der Waals surface area contributed by atoms with Gasteiger partial charge < -0.3 is 25.5 Å². The van der Waals surface area contributed by atoms with E-state index in [9.17, 15) is 14.4 Å². The summed E-state index contributed by atoms with van der Waals surface area (Å²) in [7, 11) is 0. The van der Waals surface area contributed by atoms with Crippen LogP contribution in [-0.2, 0) is 14.4 Å². The number of hydrogen-bond acceptors (Lipinski definition) is 5. The first-order valence-electron chi connectivity index (χ1n) is 7.64. The number of carboxylic acids is 3. The number of aliphatic hydroxyl groups is 2. The summed E-state index contributed by atoms with van der Waals surface area (Å²) in [5.74, 6) is -6.04. The molecule has 0 aliphatic rings. The Kier molecular flexibility index (Phi) is 13.7. The van der Waals surface area contributed by atoms with E-state index in [4.69, 9.17) is 25.5 Å². The highest BCUT2D eigenvalue weighted by atomic mass is 16.4. The van der Waals surface area contributed by atoms with E-state index in [1.807, 2.05) is 0 Å². The lowest BCUT2D eigenvalue weighted by molar-refractivity contribution is -0.162. The van der Waals surface area contributed by atoms with Crippen molar-refractivity contribution in [2.24, 2.45) is 11.8 Å². The van der Waals surface area contributed by atoms with Gasteiger partial charge in [-0.1, -0.05) is 25.0 Å². The third-order valence-corrected chi connectivity index (χ3v) is 3.03. The van der Waals surface area contributed by atoms with Crippen LogP contribution in [0.1, 0.15) is 46.5 Å². The van der Waals surface area contributed by atoms with Crippen molar-refractivity contribution >= 4 is 17.9 Å². The zero-order valence-electron chi connectivity index (χ0n) is 14.3. The van der Waals surface area contributed by atoms with E-state index in [1.165, 1.54) is 12.0 Å². The summed E-state index contributed by atoms with van der Waals surface area (Å²) in [6.07, 6.45) is 2.45. The minimum atomic E-state index is -2.20. The predicted octanol–water partition coefficient (Wildman–Crippen LogP) is 1.36. The molecule has 0 aliphatic carbocycles. The summed E-state index contributed by atoms with van der Waals surface area (Å²) in [5, 5.41) is 42.1. The number of carbonyl (C=O) groups is 3. The van der Waals surface area contributed by atoms with Crippen molar-refractivity contribution in [1.82, 2.24) is 0 Å². The zero-order chi connectivity index (χ0) is 19.3. The second-order valence-electron chi connectivity index (χ2n) is 5.77. The van der Waals surface area contributed by atoms with Gasteiger partial charge in [0.05, 0.1) is 6.42 Å². The quantitative estimate of drug-likeness (QED) is 0.293. The molecule has 0 saturated carbocycles. The van der Waals surface area contributed by atoms with E-state index in [1.54, 1.807) is 0 Å². The van der Waals surface area contributed by atoms with Crippen molar-refractivity contribution in [2.75, 3.05) is 6.61 Å². The molecule has 0 fully saturated rings. The van der Waals surface area contributed by atoms with Gasteiger partial charge >= 0.3 is 17.9 Å². The Balaban J connectivity index is 0. The molecule has 0 rings (SSSR count). The molecule has 0 radical (unpaired) electrons. The Morgan fingerprint density at radius 3 is 1.88 bits per heavy atom. The molecule has 0 aromatic heterocycles. The van der Waals surface area contributed by atoms with Crippen molar-refractivity contribution in [2.45, 2.75) is 52.6 Å². The summed E-state index contributed by atoms with van der Waals surface area (Å²) >= 11 is 0. The fourth-order valence-corrected chi connectivity index (χ4v) is 1.92. The Hall–Kier alpha value is -1.93. The summed E-state index contributed by atoms with van der Waals surface area (Å²) in [5.41, 5.74) is 1.39. The Morgan fingerprint density at radius 1 is 1.00 bits per heavy atom. The highest BCUT2D eigenvalue weighted by molar-refractivity contribution is 5.85. The lowest BCUT2D eigenvalue weighted by atomic mass is 9.99. The van der Waals surface area contributed by atoms with Crippen LogP contribution in [0.4, 0.5) is 0 Å². The second-order valence-corrected chi connectivity index (χ2v) is 5.77. The summed E-state index contributed by atoms with van der Waals surface area (Å²) in [6, 6.07) is 0. The molecule has 0 heterocycles. The van der Waals surface area contributed by atoms with Gasteiger partial charge in [-0.15, -0.1) is 0 Å². The van der Waals surface area contributed by atoms with E-state index in [0.717, 1.165) is 12.8 Å². The van der Waals surface area contributed by atoms with Crippen molar-refractivity contribution in [3.05, 3.63) is 11.6 Å². The highest BCUT2D eigenvalue weighted by Gasteiger charge is 2.33. The van der Waals surface area contributed by atoms with E-state index in [0.29, 0.717) is 12.5 Å². The van der Waals surface area contributed by atoms with Crippen LogP contribution in [0.3, 0.4) is 0 Å². The van der Waals surface area contributed by atoms with Crippen molar-refractivity contribution in [1.29, 1.82) is 0 Å². The van der Waals surface area contributed by atoms with Crippen LogP contribution in [0, 0.1) is 11.8 Å². The number of aliphatic hydroxyl groups excluding tert-OH is 2. The van der Waals surface area contributed by atoms with Crippen LogP contribution in [-0.4, -0.2) is 56.2 Å². The predicted molar refractivity (Wildman–Crippen MR) is 86.6 cm³/mol. The van der Waals surface area contributed by atoms with Crippen molar-refractivity contribution in [3.8, 4) is 0 Å². The van der Waals surface area contributed by atoms with Gasteiger partial charge in [-0.25, -0.2) is 4.79 Å². The molecular weight excluding hydrogens is 320 g/mol. The fraction of sp³-hybridized carbons (Fsp3) is 0.688. The monoisotopic (exact) mass is 348 g/mol. The molecule has 8 nitrogen and oxygen atoms in total. The van der Waals surface area contributed by atoms with Gasteiger partial charge in [-0.05, 0) is 32.6 Å². The molecule has 3 unspecified atom stereocenters. The van der Waals surface area contributed by atoms with Crippen LogP contribution >= 0.6 is 0 Å². The van der Waals surface area contributed by atoms with Crippen LogP contribution in [0.5, 0.6) is 0 Å². The molecule has 0 aromatic carbocycles. The largest absolute Gasteiger partial charge is 0.481 e. The molecule has 0 bridgehead atoms. The molecule has 3 atom stereocenters. The van der Waals surface area contributed by atoms with Gasteiger partial charge in [0.1, 0.15) is 5.92 Å². The zero-order valence-corrected chi connectivity index (χ0v) is 14.3. The minimum absolute atomic E-state index is 0.335. The topological polar surface area (TPSA) is 152 Å². The van der Waals surface area contributed by atoms with E-state index in [-0.39, 0.29) is 0 Å². The van der Waals surface area contributed by atoms with Gasteiger partial charge in [0.2, 0.25) is 0 Å². The number of allylic oxidation sites excluding steroid dienone is 2. The minimum Gasteiger partial charge on any atom is -0.481 e. The Labute approximate surface area is 141 Å². The number of aliphatic carboxylic acids is 3. The summed E-state index contributed by atoms with van der Waals surface area (Å²) in [4.78, 5) is 30.5. The van der Waals surface area contributed by atoms with Crippen LogP contribution in [0.25, 0.3) is 0 Å². The first-order valence-corrected chi connectivity index (χ1v) is 7.64. The van der Waals surface area contributed by atoms with Gasteiger partial charge in [-0.2, -0.15) is 0 Å². The second kappa shape index (κ2) is 13.5. The molecule has 24 heavy (non-hydrogen) atoms. The Bertz CT molecular complexity index is 426. The van der Waals surface area contributed by atoms with Gasteiger partial charge in [0, 0.05) is 6.61 Å². The first-order chi connectivity index (χ1) is 11.0.